The quantitative estimate of drug-likeness (QED) is 0.744. The summed E-state index contributed by atoms with van der Waals surface area (Å²) < 4.78 is 5.97. The molecule has 0 aromatic heterocycles. The molecule has 0 spiro atoms. The van der Waals surface area contributed by atoms with Crippen molar-refractivity contribution in [3.05, 3.63) is 29.3 Å². The van der Waals surface area contributed by atoms with Crippen LogP contribution in [0, 0.1) is 19.8 Å². The van der Waals surface area contributed by atoms with Crippen LogP contribution < -0.4 is 10.1 Å². The molecule has 2 nitrogen and oxygen atoms in total. The summed E-state index contributed by atoms with van der Waals surface area (Å²) in [5.41, 5.74) is 2.45. The highest BCUT2D eigenvalue weighted by molar-refractivity contribution is 5.36. The van der Waals surface area contributed by atoms with E-state index in [9.17, 15) is 0 Å². The van der Waals surface area contributed by atoms with Crippen molar-refractivity contribution in [3.63, 3.8) is 0 Å². The fourth-order valence-electron chi connectivity index (χ4n) is 1.79. The maximum Gasteiger partial charge on any atom is 0.122 e. The molecule has 18 heavy (non-hydrogen) atoms. The first kappa shape index (κ1) is 15.0. The molecule has 1 rings (SSSR count). The van der Waals surface area contributed by atoms with Gasteiger partial charge in [-0.15, -0.1) is 0 Å². The highest BCUT2D eigenvalue weighted by Crippen LogP contribution is 2.20. The molecule has 0 saturated carbocycles. The van der Waals surface area contributed by atoms with Crippen LogP contribution in [0.1, 0.15) is 38.3 Å². The van der Waals surface area contributed by atoms with E-state index >= 15 is 0 Å². The largest absolute Gasteiger partial charge is 0.489 e. The average molecular weight is 249 g/mol. The molecule has 1 atom stereocenters. The lowest BCUT2D eigenvalue weighted by atomic mass is 10.1. The van der Waals surface area contributed by atoms with Crippen molar-refractivity contribution in [1.82, 2.24) is 5.32 Å². The maximum absolute atomic E-state index is 5.97. The fourth-order valence-corrected chi connectivity index (χ4v) is 1.79. The molecule has 2 heteroatoms. The second-order valence-electron chi connectivity index (χ2n) is 5.58. The predicted octanol–water partition coefficient (Wildman–Crippen LogP) is 3.71. The van der Waals surface area contributed by atoms with E-state index in [4.69, 9.17) is 4.74 Å². The van der Waals surface area contributed by atoms with Gasteiger partial charge >= 0.3 is 0 Å². The minimum atomic E-state index is 0.206. The Morgan fingerprint density at radius 1 is 1.17 bits per heavy atom. The predicted molar refractivity (Wildman–Crippen MR) is 78.3 cm³/mol. The Balaban J connectivity index is 2.35. The van der Waals surface area contributed by atoms with E-state index in [1.54, 1.807) is 0 Å². The Morgan fingerprint density at radius 2 is 1.89 bits per heavy atom. The fraction of sp³-hybridized carbons (Fsp3) is 0.625. The number of nitrogens with one attached hydrogen (secondary N) is 1. The van der Waals surface area contributed by atoms with Crippen molar-refractivity contribution in [1.29, 1.82) is 0 Å². The Kier molecular flexibility index (Phi) is 6.20. The van der Waals surface area contributed by atoms with Crippen LogP contribution in [0.15, 0.2) is 18.2 Å². The van der Waals surface area contributed by atoms with Crippen LogP contribution in [0.25, 0.3) is 0 Å². The normalized spacial score (nSPS) is 12.8. The molecule has 1 N–H and O–H groups in total. The molecular weight excluding hydrogens is 222 g/mol. The summed E-state index contributed by atoms with van der Waals surface area (Å²) in [7, 11) is 0. The topological polar surface area (TPSA) is 21.3 Å². The summed E-state index contributed by atoms with van der Waals surface area (Å²) in [4.78, 5) is 0. The summed E-state index contributed by atoms with van der Waals surface area (Å²) in [6.07, 6.45) is 1.42. The van der Waals surface area contributed by atoms with Crippen LogP contribution in [0.4, 0.5) is 0 Å². The highest BCUT2D eigenvalue weighted by Gasteiger charge is 2.06. The molecule has 0 radical (unpaired) electrons. The van der Waals surface area contributed by atoms with Crippen molar-refractivity contribution in [2.24, 2.45) is 5.92 Å². The molecule has 0 amide bonds. The maximum atomic E-state index is 5.97. The lowest BCUT2D eigenvalue weighted by Crippen LogP contribution is -2.30. The number of benzene rings is 1. The standard InChI is InChI=1S/C16H27NO/c1-12(2)8-9-17-11-15(5)18-16-10-13(3)6-7-14(16)4/h6-7,10,12,15,17H,8-9,11H2,1-5H3. The van der Waals surface area contributed by atoms with Crippen LogP contribution in [-0.2, 0) is 0 Å². The molecule has 0 aliphatic rings. The van der Waals surface area contributed by atoms with Gasteiger partial charge in [0.25, 0.3) is 0 Å². The zero-order valence-electron chi connectivity index (χ0n) is 12.4. The first-order chi connectivity index (χ1) is 8.49. The Bertz CT molecular complexity index is 360. The zero-order chi connectivity index (χ0) is 13.5. The van der Waals surface area contributed by atoms with E-state index < -0.39 is 0 Å². The number of rotatable bonds is 7. The first-order valence-corrected chi connectivity index (χ1v) is 6.93. The lowest BCUT2D eigenvalue weighted by Gasteiger charge is -2.17. The molecule has 0 saturated heterocycles. The highest BCUT2D eigenvalue weighted by atomic mass is 16.5. The van der Waals surface area contributed by atoms with Crippen LogP contribution in [0.5, 0.6) is 5.75 Å². The molecule has 0 bridgehead atoms. The minimum absolute atomic E-state index is 0.206. The molecule has 0 aliphatic carbocycles. The van der Waals surface area contributed by atoms with Crippen molar-refractivity contribution in [2.75, 3.05) is 13.1 Å². The van der Waals surface area contributed by atoms with Crippen molar-refractivity contribution >= 4 is 0 Å². The number of ether oxygens (including phenoxy) is 1. The average Bonchev–Trinajstić information content (AvgIpc) is 2.29. The number of aryl methyl sites for hydroxylation is 2. The van der Waals surface area contributed by atoms with Crippen molar-refractivity contribution in [3.8, 4) is 5.75 Å². The third-order valence-corrected chi connectivity index (χ3v) is 3.00. The van der Waals surface area contributed by atoms with Gasteiger partial charge in [0.05, 0.1) is 0 Å². The van der Waals surface area contributed by atoms with Crippen molar-refractivity contribution < 1.29 is 4.74 Å². The molecule has 102 valence electrons. The Hall–Kier alpha value is -1.02. The van der Waals surface area contributed by atoms with E-state index in [2.05, 4.69) is 58.1 Å². The monoisotopic (exact) mass is 249 g/mol. The molecular formula is C16H27NO. The van der Waals surface area contributed by atoms with Gasteiger partial charge in [0.1, 0.15) is 11.9 Å². The SMILES string of the molecule is Cc1ccc(C)c(OC(C)CNCCC(C)C)c1. The van der Waals surface area contributed by atoms with Gasteiger partial charge in [-0.05, 0) is 56.8 Å². The first-order valence-electron chi connectivity index (χ1n) is 6.93. The number of hydrogen-bond donors (Lipinski definition) is 1. The summed E-state index contributed by atoms with van der Waals surface area (Å²) in [5, 5.41) is 3.45. The van der Waals surface area contributed by atoms with Crippen molar-refractivity contribution in [2.45, 2.75) is 47.1 Å². The van der Waals surface area contributed by atoms with Gasteiger partial charge in [-0.1, -0.05) is 26.0 Å². The summed E-state index contributed by atoms with van der Waals surface area (Å²) in [6, 6.07) is 6.34. The third-order valence-electron chi connectivity index (χ3n) is 3.00. The van der Waals surface area contributed by atoms with Gasteiger partial charge in [0, 0.05) is 6.54 Å². The van der Waals surface area contributed by atoms with Crippen LogP contribution in [0.3, 0.4) is 0 Å². The van der Waals surface area contributed by atoms with E-state index in [1.165, 1.54) is 17.5 Å². The molecule has 1 aromatic carbocycles. The van der Waals surface area contributed by atoms with Gasteiger partial charge < -0.3 is 10.1 Å². The second-order valence-corrected chi connectivity index (χ2v) is 5.58. The molecule has 0 fully saturated rings. The second kappa shape index (κ2) is 7.42. The molecule has 0 aliphatic heterocycles. The van der Waals surface area contributed by atoms with E-state index in [-0.39, 0.29) is 6.10 Å². The van der Waals surface area contributed by atoms with E-state index in [0.29, 0.717) is 0 Å². The van der Waals surface area contributed by atoms with Gasteiger partial charge in [-0.25, -0.2) is 0 Å². The van der Waals surface area contributed by atoms with Crippen LogP contribution in [-0.4, -0.2) is 19.2 Å². The Labute approximate surface area is 112 Å². The molecule has 1 unspecified atom stereocenters. The van der Waals surface area contributed by atoms with E-state index in [0.717, 1.165) is 24.8 Å². The summed E-state index contributed by atoms with van der Waals surface area (Å²) in [6.45, 7) is 12.8. The van der Waals surface area contributed by atoms with Crippen LogP contribution in [0.2, 0.25) is 0 Å². The third kappa shape index (κ3) is 5.54. The van der Waals surface area contributed by atoms with Gasteiger partial charge in [-0.2, -0.15) is 0 Å². The summed E-state index contributed by atoms with van der Waals surface area (Å²) in [5.74, 6) is 1.76. The minimum Gasteiger partial charge on any atom is -0.489 e. The smallest absolute Gasteiger partial charge is 0.122 e. The van der Waals surface area contributed by atoms with Gasteiger partial charge in [0.2, 0.25) is 0 Å². The molecule has 1 aromatic rings. The zero-order valence-corrected chi connectivity index (χ0v) is 12.4. The summed E-state index contributed by atoms with van der Waals surface area (Å²) >= 11 is 0. The van der Waals surface area contributed by atoms with Gasteiger partial charge in [-0.3, -0.25) is 0 Å². The number of hydrogen-bond acceptors (Lipinski definition) is 2. The lowest BCUT2D eigenvalue weighted by molar-refractivity contribution is 0.215. The Morgan fingerprint density at radius 3 is 2.56 bits per heavy atom. The molecule has 0 heterocycles. The van der Waals surface area contributed by atoms with Gasteiger partial charge in [0.15, 0.2) is 0 Å². The van der Waals surface area contributed by atoms with E-state index in [1.807, 2.05) is 0 Å². The van der Waals surface area contributed by atoms with Crippen LogP contribution >= 0.6 is 0 Å².